The summed E-state index contributed by atoms with van der Waals surface area (Å²) in [6.07, 6.45) is 1.64. The van der Waals surface area contributed by atoms with Gasteiger partial charge in [-0.1, -0.05) is 32.0 Å². The zero-order valence-corrected chi connectivity index (χ0v) is 10.6. The molecule has 0 aliphatic heterocycles. The Balaban J connectivity index is 2.88. The monoisotopic (exact) mass is 239 g/mol. The lowest BCUT2D eigenvalue weighted by atomic mass is 10.2. The number of amidine groups is 1. The molecule has 0 atom stereocenters. The minimum atomic E-state index is 0.0603. The summed E-state index contributed by atoms with van der Waals surface area (Å²) < 4.78 is 0.179. The van der Waals surface area contributed by atoms with Gasteiger partial charge in [0, 0.05) is 16.7 Å². The number of nitrogens with two attached hydrogens (primary N) is 1. The van der Waals surface area contributed by atoms with Crippen molar-refractivity contribution in [3.05, 3.63) is 29.6 Å². The summed E-state index contributed by atoms with van der Waals surface area (Å²) in [5.41, 5.74) is 7.10. The van der Waals surface area contributed by atoms with Crippen LogP contribution in [0.3, 0.4) is 0 Å². The fourth-order valence-electron chi connectivity index (χ4n) is 1.13. The molecule has 0 unspecified atom stereocenters. The number of rotatable bonds is 3. The maximum Gasteiger partial charge on any atom is 0.189 e. The van der Waals surface area contributed by atoms with Crippen molar-refractivity contribution in [1.82, 2.24) is 4.98 Å². The van der Waals surface area contributed by atoms with Gasteiger partial charge in [0.15, 0.2) is 5.84 Å². The van der Waals surface area contributed by atoms with Crippen LogP contribution in [0.25, 0.3) is 0 Å². The highest BCUT2D eigenvalue weighted by molar-refractivity contribution is 7.99. The summed E-state index contributed by atoms with van der Waals surface area (Å²) >= 11 is 1.80. The van der Waals surface area contributed by atoms with Crippen LogP contribution in [0.2, 0.25) is 0 Å². The molecule has 0 saturated heterocycles. The Kier molecular flexibility index (Phi) is 4.18. The lowest BCUT2D eigenvalue weighted by molar-refractivity contribution is 0.318. The lowest BCUT2D eigenvalue weighted by Gasteiger charge is -2.18. The number of oxime groups is 1. The van der Waals surface area contributed by atoms with Crippen molar-refractivity contribution in [1.29, 1.82) is 0 Å². The van der Waals surface area contributed by atoms with Crippen LogP contribution in [0.1, 0.15) is 32.0 Å². The molecular weight excluding hydrogens is 222 g/mol. The van der Waals surface area contributed by atoms with Crippen molar-refractivity contribution in [3.63, 3.8) is 0 Å². The average molecular weight is 239 g/mol. The predicted octanol–water partition coefficient (Wildman–Crippen LogP) is 2.21. The van der Waals surface area contributed by atoms with Crippen LogP contribution < -0.4 is 5.73 Å². The number of hydrogen-bond acceptors (Lipinski definition) is 4. The maximum absolute atomic E-state index is 8.66. The van der Waals surface area contributed by atoms with Gasteiger partial charge < -0.3 is 10.9 Å². The van der Waals surface area contributed by atoms with Gasteiger partial charge in [0.05, 0.1) is 0 Å². The molecule has 0 fully saturated rings. The maximum atomic E-state index is 8.66. The van der Waals surface area contributed by atoms with E-state index in [9.17, 15) is 0 Å². The first-order valence-corrected chi connectivity index (χ1v) is 5.98. The van der Waals surface area contributed by atoms with E-state index in [-0.39, 0.29) is 10.6 Å². The van der Waals surface area contributed by atoms with Gasteiger partial charge in [-0.3, -0.25) is 4.98 Å². The van der Waals surface area contributed by atoms with Crippen molar-refractivity contribution < 1.29 is 5.21 Å². The van der Waals surface area contributed by atoms with Gasteiger partial charge in [0.1, 0.15) is 5.69 Å². The fourth-order valence-corrected chi connectivity index (χ4v) is 1.95. The molecule has 0 radical (unpaired) electrons. The SMILES string of the molecule is CC(C)(C)SCc1cccnc1C(N)=NO. The minimum absolute atomic E-state index is 0.0603. The quantitative estimate of drug-likeness (QED) is 0.367. The molecule has 1 aromatic rings. The van der Waals surface area contributed by atoms with Crippen molar-refractivity contribution in [2.45, 2.75) is 31.3 Å². The fraction of sp³-hybridized carbons (Fsp3) is 0.455. The largest absolute Gasteiger partial charge is 0.409 e. The Morgan fingerprint density at radius 2 is 2.25 bits per heavy atom. The summed E-state index contributed by atoms with van der Waals surface area (Å²) in [5, 5.41) is 11.6. The number of aromatic nitrogens is 1. The van der Waals surface area contributed by atoms with Gasteiger partial charge in [-0.05, 0) is 11.6 Å². The van der Waals surface area contributed by atoms with E-state index in [4.69, 9.17) is 10.9 Å². The molecule has 3 N–H and O–H groups in total. The molecule has 1 rings (SSSR count). The second-order valence-corrected chi connectivity index (χ2v) is 6.20. The molecular formula is C11H17N3OS. The second kappa shape index (κ2) is 5.21. The molecule has 0 aliphatic carbocycles. The zero-order chi connectivity index (χ0) is 12.2. The third-order valence-electron chi connectivity index (χ3n) is 1.90. The molecule has 0 bridgehead atoms. The van der Waals surface area contributed by atoms with E-state index < -0.39 is 0 Å². The van der Waals surface area contributed by atoms with E-state index in [0.717, 1.165) is 11.3 Å². The van der Waals surface area contributed by atoms with E-state index in [1.807, 2.05) is 12.1 Å². The number of pyridine rings is 1. The molecule has 4 nitrogen and oxygen atoms in total. The van der Waals surface area contributed by atoms with E-state index in [1.165, 1.54) is 0 Å². The van der Waals surface area contributed by atoms with Crippen LogP contribution >= 0.6 is 11.8 Å². The number of nitrogens with zero attached hydrogens (tertiary/aromatic N) is 2. The topological polar surface area (TPSA) is 71.5 Å². The summed E-state index contributed by atoms with van der Waals surface area (Å²) in [6, 6.07) is 3.80. The molecule has 16 heavy (non-hydrogen) atoms. The Morgan fingerprint density at radius 3 is 2.81 bits per heavy atom. The molecule has 0 saturated carbocycles. The first-order valence-electron chi connectivity index (χ1n) is 5.00. The first-order chi connectivity index (χ1) is 7.44. The molecule has 0 spiro atoms. The Hall–Kier alpha value is -1.23. The predicted molar refractivity (Wildman–Crippen MR) is 67.8 cm³/mol. The van der Waals surface area contributed by atoms with Crippen LogP contribution in [0.4, 0.5) is 0 Å². The molecule has 88 valence electrons. The van der Waals surface area contributed by atoms with E-state index in [1.54, 1.807) is 18.0 Å². The second-order valence-electron chi connectivity index (χ2n) is 4.40. The number of hydrogen-bond donors (Lipinski definition) is 2. The lowest BCUT2D eigenvalue weighted by Crippen LogP contribution is -2.18. The van der Waals surface area contributed by atoms with Gasteiger partial charge in [-0.15, -0.1) is 0 Å². The Morgan fingerprint density at radius 1 is 1.56 bits per heavy atom. The molecule has 5 heteroatoms. The molecule has 0 aliphatic rings. The van der Waals surface area contributed by atoms with Gasteiger partial charge in [0.25, 0.3) is 0 Å². The van der Waals surface area contributed by atoms with Crippen molar-refractivity contribution in [3.8, 4) is 0 Å². The van der Waals surface area contributed by atoms with Gasteiger partial charge in [0.2, 0.25) is 0 Å². The van der Waals surface area contributed by atoms with Gasteiger partial charge in [-0.25, -0.2) is 0 Å². The normalized spacial score (nSPS) is 12.8. The smallest absolute Gasteiger partial charge is 0.189 e. The summed E-state index contributed by atoms with van der Waals surface area (Å²) in [7, 11) is 0. The van der Waals surface area contributed by atoms with Gasteiger partial charge >= 0.3 is 0 Å². The Labute approximate surface area is 99.9 Å². The summed E-state index contributed by atoms with van der Waals surface area (Å²) in [5.74, 6) is 0.855. The zero-order valence-electron chi connectivity index (χ0n) is 9.77. The highest BCUT2D eigenvalue weighted by Crippen LogP contribution is 2.27. The van der Waals surface area contributed by atoms with Crippen LogP contribution in [0.5, 0.6) is 0 Å². The van der Waals surface area contributed by atoms with E-state index >= 15 is 0 Å². The van der Waals surface area contributed by atoms with E-state index in [2.05, 4.69) is 30.9 Å². The van der Waals surface area contributed by atoms with Crippen LogP contribution in [-0.4, -0.2) is 20.8 Å². The molecule has 0 amide bonds. The summed E-state index contributed by atoms with van der Waals surface area (Å²) in [4.78, 5) is 4.12. The van der Waals surface area contributed by atoms with Crippen molar-refractivity contribution in [2.24, 2.45) is 10.9 Å². The van der Waals surface area contributed by atoms with Gasteiger partial charge in [-0.2, -0.15) is 11.8 Å². The molecule has 0 aromatic carbocycles. The van der Waals surface area contributed by atoms with Crippen LogP contribution in [0.15, 0.2) is 23.5 Å². The molecule has 1 aromatic heterocycles. The molecule has 1 heterocycles. The van der Waals surface area contributed by atoms with Crippen LogP contribution in [0, 0.1) is 0 Å². The third-order valence-corrected chi connectivity index (χ3v) is 3.22. The minimum Gasteiger partial charge on any atom is -0.409 e. The highest BCUT2D eigenvalue weighted by Gasteiger charge is 2.14. The third kappa shape index (κ3) is 3.73. The number of thioether (sulfide) groups is 1. The summed E-state index contributed by atoms with van der Waals surface area (Å²) in [6.45, 7) is 6.45. The Bertz CT molecular complexity index is 385. The van der Waals surface area contributed by atoms with E-state index in [0.29, 0.717) is 5.69 Å². The van der Waals surface area contributed by atoms with Crippen molar-refractivity contribution in [2.75, 3.05) is 0 Å². The van der Waals surface area contributed by atoms with Crippen LogP contribution in [-0.2, 0) is 5.75 Å². The standard InChI is InChI=1S/C11H17N3OS/c1-11(2,3)16-7-8-5-4-6-13-9(8)10(12)14-15/h4-6,15H,7H2,1-3H3,(H2,12,14). The highest BCUT2D eigenvalue weighted by atomic mass is 32.2. The first kappa shape index (κ1) is 12.8. The van der Waals surface area contributed by atoms with Crippen molar-refractivity contribution >= 4 is 17.6 Å². The average Bonchev–Trinajstić information content (AvgIpc) is 2.25.